The first-order valence-corrected chi connectivity index (χ1v) is 19.8. The molecule has 3 nitrogen and oxygen atoms in total. The van der Waals surface area contributed by atoms with E-state index in [4.69, 9.17) is 10.2 Å². The summed E-state index contributed by atoms with van der Waals surface area (Å²) in [6.07, 6.45) is 0. The Bertz CT molecular complexity index is 3530. The number of hydrogen-bond acceptors (Lipinski definition) is 3. The summed E-state index contributed by atoms with van der Waals surface area (Å²) in [6.45, 7) is 0. The van der Waals surface area contributed by atoms with Crippen molar-refractivity contribution in [2.75, 3.05) is 0 Å². The first kappa shape index (κ1) is 31.2. The van der Waals surface area contributed by atoms with Gasteiger partial charge >= 0.3 is 0 Å². The van der Waals surface area contributed by atoms with Gasteiger partial charge in [-0.2, -0.15) is 0 Å². The van der Waals surface area contributed by atoms with Crippen LogP contribution in [0.15, 0.2) is 188 Å². The average Bonchev–Trinajstić information content (AvgIpc) is 3.88. The number of nitrogens with zero attached hydrogens (tertiary/aromatic N) is 3. The number of thiophene rings is 1. The van der Waals surface area contributed by atoms with Gasteiger partial charge in [0.2, 0.25) is 0 Å². The number of benzene rings is 9. The molecule has 9 aromatic carbocycles. The van der Waals surface area contributed by atoms with Crippen molar-refractivity contribution in [2.24, 2.45) is 0 Å². The van der Waals surface area contributed by atoms with Crippen molar-refractivity contribution in [3.63, 3.8) is 0 Å². The van der Waals surface area contributed by atoms with E-state index in [0.717, 1.165) is 27.9 Å². The molecule has 0 unspecified atom stereocenters. The molecule has 0 fully saturated rings. The van der Waals surface area contributed by atoms with Gasteiger partial charge < -0.3 is 0 Å². The molecule has 0 amide bonds. The maximum atomic E-state index is 4.80. The predicted molar refractivity (Wildman–Crippen MR) is 238 cm³/mol. The largest absolute Gasteiger partial charge is 0.274 e. The third kappa shape index (κ3) is 4.70. The molecule has 0 saturated heterocycles. The molecular formula is C52H31N3S. The summed E-state index contributed by atoms with van der Waals surface area (Å²) in [7, 11) is 0. The Hall–Kier alpha value is -7.14. The molecule has 0 aliphatic rings. The van der Waals surface area contributed by atoms with Crippen molar-refractivity contribution in [2.45, 2.75) is 0 Å². The van der Waals surface area contributed by atoms with Crippen LogP contribution in [0.25, 0.3) is 114 Å². The maximum Gasteiger partial charge on any atom is 0.169 e. The smallest absolute Gasteiger partial charge is 0.169 e. The Balaban J connectivity index is 1.07. The summed E-state index contributed by atoms with van der Waals surface area (Å²) in [5, 5.41) is 20.6. The fourth-order valence-electron chi connectivity index (χ4n) is 8.85. The van der Waals surface area contributed by atoms with Crippen molar-refractivity contribution in [3.8, 4) is 44.8 Å². The lowest BCUT2D eigenvalue weighted by molar-refractivity contribution is 1.12. The number of fused-ring (bicyclic) bond motifs is 11. The first-order chi connectivity index (χ1) is 27.8. The Labute approximate surface area is 326 Å². The van der Waals surface area contributed by atoms with E-state index in [0.29, 0.717) is 0 Å². The molecule has 0 spiro atoms. The maximum absolute atomic E-state index is 4.80. The number of rotatable bonds is 4. The van der Waals surface area contributed by atoms with Gasteiger partial charge in [0.05, 0.1) is 5.52 Å². The van der Waals surface area contributed by atoms with E-state index in [1.165, 1.54) is 85.9 Å². The second kappa shape index (κ2) is 12.2. The lowest BCUT2D eigenvalue weighted by atomic mass is 9.92. The minimum Gasteiger partial charge on any atom is -0.274 e. The van der Waals surface area contributed by atoms with Gasteiger partial charge in [0.1, 0.15) is 0 Å². The first-order valence-electron chi connectivity index (χ1n) is 19.0. The predicted octanol–water partition coefficient (Wildman–Crippen LogP) is 14.4. The Morgan fingerprint density at radius 3 is 1.68 bits per heavy atom. The lowest BCUT2D eigenvalue weighted by Gasteiger charge is -2.12. The number of para-hydroxylation sites is 1. The van der Waals surface area contributed by atoms with Gasteiger partial charge in [-0.25, -0.2) is 0 Å². The van der Waals surface area contributed by atoms with Crippen molar-refractivity contribution in [1.29, 1.82) is 0 Å². The Morgan fingerprint density at radius 2 is 0.929 bits per heavy atom. The molecule has 260 valence electrons. The van der Waals surface area contributed by atoms with Crippen LogP contribution >= 0.6 is 11.3 Å². The van der Waals surface area contributed by atoms with E-state index in [9.17, 15) is 0 Å². The Morgan fingerprint density at radius 1 is 0.357 bits per heavy atom. The summed E-state index contributed by atoms with van der Waals surface area (Å²) >= 11 is 1.88. The molecule has 4 heteroatoms. The second-order valence-electron chi connectivity index (χ2n) is 14.6. The van der Waals surface area contributed by atoms with Gasteiger partial charge in [-0.05, 0) is 85.1 Å². The quantitative estimate of drug-likeness (QED) is 0.169. The Kier molecular flexibility index (Phi) is 6.80. The lowest BCUT2D eigenvalue weighted by Crippen LogP contribution is -1.94. The van der Waals surface area contributed by atoms with E-state index in [2.05, 4.69) is 192 Å². The van der Waals surface area contributed by atoms with E-state index < -0.39 is 0 Å². The molecule has 0 bridgehead atoms. The molecule has 12 rings (SSSR count). The molecule has 3 aromatic heterocycles. The molecule has 0 radical (unpaired) electrons. The van der Waals surface area contributed by atoms with Gasteiger partial charge in [0.25, 0.3) is 0 Å². The molecular weight excluding hydrogens is 699 g/mol. The van der Waals surface area contributed by atoms with Crippen molar-refractivity contribution in [1.82, 2.24) is 14.6 Å². The SMILES string of the molecule is c1ccc2c(-c3ccc4sc5c(-c6ccc(-c7nnc8c9ccccc9c9ccccc9n78)cc6)cc(-c6cccc7ccccc67)cc5c4c3)cccc2c1. The highest BCUT2D eigenvalue weighted by molar-refractivity contribution is 7.26. The van der Waals surface area contributed by atoms with Crippen molar-refractivity contribution >= 4 is 80.4 Å². The van der Waals surface area contributed by atoms with Crippen LogP contribution < -0.4 is 0 Å². The summed E-state index contributed by atoms with van der Waals surface area (Å²) in [5.41, 5.74) is 10.3. The van der Waals surface area contributed by atoms with E-state index in [1.54, 1.807) is 0 Å². The zero-order valence-corrected chi connectivity index (χ0v) is 31.0. The standard InChI is InChI=1S/C52H31N3S/c1-3-15-38-32(11-1)13-9-20-40(38)36-27-28-49-46(29-36)47-31-37(41-21-10-14-33-12-2-4-16-39(33)41)30-45(50(47)56-49)34-23-25-35(26-24-34)51-53-54-52-44-19-6-5-17-42(44)43-18-7-8-22-48(43)55(51)52/h1-31H. The van der Waals surface area contributed by atoms with Crippen LogP contribution in [0.2, 0.25) is 0 Å². The molecule has 0 aliphatic heterocycles. The fourth-order valence-corrected chi connectivity index (χ4v) is 10.1. The summed E-state index contributed by atoms with van der Waals surface area (Å²) in [4.78, 5) is 0. The third-order valence-electron chi connectivity index (χ3n) is 11.5. The van der Waals surface area contributed by atoms with Gasteiger partial charge in [-0.3, -0.25) is 4.40 Å². The average molecular weight is 730 g/mol. The van der Waals surface area contributed by atoms with Crippen LogP contribution in [-0.4, -0.2) is 14.6 Å². The highest BCUT2D eigenvalue weighted by Gasteiger charge is 2.19. The topological polar surface area (TPSA) is 30.2 Å². The molecule has 0 atom stereocenters. The summed E-state index contributed by atoms with van der Waals surface area (Å²) in [5.74, 6) is 0.839. The normalized spacial score (nSPS) is 11.9. The highest BCUT2D eigenvalue weighted by atomic mass is 32.1. The summed E-state index contributed by atoms with van der Waals surface area (Å²) in [6, 6.07) is 68.4. The van der Waals surface area contributed by atoms with E-state index in [-0.39, 0.29) is 0 Å². The van der Waals surface area contributed by atoms with Gasteiger partial charge in [0, 0.05) is 42.1 Å². The summed E-state index contributed by atoms with van der Waals surface area (Å²) < 4.78 is 4.79. The minimum atomic E-state index is 0.839. The number of aromatic nitrogens is 3. The molecule has 12 aromatic rings. The van der Waals surface area contributed by atoms with Crippen LogP contribution in [0.3, 0.4) is 0 Å². The van der Waals surface area contributed by atoms with Crippen LogP contribution in [-0.2, 0) is 0 Å². The second-order valence-corrected chi connectivity index (χ2v) is 15.6. The van der Waals surface area contributed by atoms with Crippen LogP contribution in [0.5, 0.6) is 0 Å². The van der Waals surface area contributed by atoms with Gasteiger partial charge in [-0.15, -0.1) is 21.5 Å². The fraction of sp³-hybridized carbons (Fsp3) is 0. The monoisotopic (exact) mass is 729 g/mol. The molecule has 0 N–H and O–H groups in total. The van der Waals surface area contributed by atoms with Gasteiger partial charge in [0.15, 0.2) is 11.5 Å². The molecule has 56 heavy (non-hydrogen) atoms. The van der Waals surface area contributed by atoms with E-state index >= 15 is 0 Å². The van der Waals surface area contributed by atoms with Gasteiger partial charge in [-0.1, -0.05) is 158 Å². The van der Waals surface area contributed by atoms with Crippen LogP contribution in [0, 0.1) is 0 Å². The zero-order valence-electron chi connectivity index (χ0n) is 30.1. The van der Waals surface area contributed by atoms with Crippen molar-refractivity contribution < 1.29 is 0 Å². The van der Waals surface area contributed by atoms with Crippen LogP contribution in [0.4, 0.5) is 0 Å². The molecule has 0 saturated carbocycles. The molecule has 3 heterocycles. The number of pyridine rings is 1. The third-order valence-corrected chi connectivity index (χ3v) is 12.7. The highest BCUT2D eigenvalue weighted by Crippen LogP contribution is 2.45. The van der Waals surface area contributed by atoms with Crippen molar-refractivity contribution in [3.05, 3.63) is 188 Å². The van der Waals surface area contributed by atoms with Crippen LogP contribution in [0.1, 0.15) is 0 Å². The van der Waals surface area contributed by atoms with E-state index in [1.807, 2.05) is 11.3 Å². The zero-order chi connectivity index (χ0) is 36.7. The molecule has 0 aliphatic carbocycles. The minimum absolute atomic E-state index is 0.839. The number of hydrogen-bond donors (Lipinski definition) is 0.